The molecule has 3 aromatic carbocycles. The van der Waals surface area contributed by atoms with Crippen molar-refractivity contribution in [3.05, 3.63) is 77.9 Å². The Morgan fingerprint density at radius 1 is 0.724 bits per heavy atom. The molecule has 29 heavy (non-hydrogen) atoms. The summed E-state index contributed by atoms with van der Waals surface area (Å²) in [6.07, 6.45) is 0. The topological polar surface area (TPSA) is 16.4 Å². The number of anilines is 1. The number of hydrogen-bond acceptors (Lipinski definition) is 2. The number of rotatable bonds is 3. The lowest BCUT2D eigenvalue weighted by Gasteiger charge is -2.38. The highest BCUT2D eigenvalue weighted by molar-refractivity contribution is 6.05. The van der Waals surface area contributed by atoms with E-state index in [4.69, 9.17) is 4.42 Å². The molecule has 0 radical (unpaired) electrons. The number of nitrogens with zero attached hydrogens (tertiary/aromatic N) is 1. The van der Waals surface area contributed by atoms with Crippen LogP contribution in [0.5, 0.6) is 0 Å². The van der Waals surface area contributed by atoms with Crippen molar-refractivity contribution in [1.29, 1.82) is 0 Å². The van der Waals surface area contributed by atoms with Crippen LogP contribution in [0.3, 0.4) is 0 Å². The fourth-order valence-electron chi connectivity index (χ4n) is 3.96. The molecule has 0 aliphatic carbocycles. The smallest absolute Gasteiger partial charge is 0.140 e. The van der Waals surface area contributed by atoms with Gasteiger partial charge in [-0.05, 0) is 49.9 Å². The van der Waals surface area contributed by atoms with Gasteiger partial charge in [0.2, 0.25) is 0 Å². The first kappa shape index (κ1) is 19.6. The zero-order valence-electron chi connectivity index (χ0n) is 18.4. The van der Waals surface area contributed by atoms with Crippen molar-refractivity contribution in [1.82, 2.24) is 0 Å². The van der Waals surface area contributed by atoms with Crippen molar-refractivity contribution in [3.8, 4) is 0 Å². The summed E-state index contributed by atoms with van der Waals surface area (Å²) in [6.45, 7) is 14.4. The molecule has 1 aromatic heterocycles. The Kier molecular flexibility index (Phi) is 4.69. The molecule has 1 heterocycles. The first-order valence-corrected chi connectivity index (χ1v) is 10.4. The van der Waals surface area contributed by atoms with E-state index in [1.807, 2.05) is 12.1 Å². The van der Waals surface area contributed by atoms with E-state index in [0.29, 0.717) is 0 Å². The molecule has 0 unspecified atom stereocenters. The second-order valence-corrected chi connectivity index (χ2v) is 9.95. The van der Waals surface area contributed by atoms with Crippen LogP contribution in [0, 0.1) is 0 Å². The predicted molar refractivity (Wildman–Crippen MR) is 125 cm³/mol. The van der Waals surface area contributed by atoms with Gasteiger partial charge in [0.1, 0.15) is 11.2 Å². The fourth-order valence-corrected chi connectivity index (χ4v) is 3.96. The molecule has 0 saturated heterocycles. The Morgan fingerprint density at radius 2 is 1.38 bits per heavy atom. The van der Waals surface area contributed by atoms with E-state index < -0.39 is 0 Å². The van der Waals surface area contributed by atoms with Crippen LogP contribution in [-0.4, -0.2) is 5.54 Å². The number of benzene rings is 3. The first-order chi connectivity index (χ1) is 13.6. The van der Waals surface area contributed by atoms with Crippen LogP contribution in [0.1, 0.15) is 52.7 Å². The highest BCUT2D eigenvalue weighted by Gasteiger charge is 2.24. The predicted octanol–water partition coefficient (Wildman–Crippen LogP) is 7.69. The van der Waals surface area contributed by atoms with Crippen LogP contribution in [0.15, 0.2) is 71.1 Å². The Bertz CT molecular complexity index is 1140. The highest BCUT2D eigenvalue weighted by atomic mass is 16.3. The standard InChI is InChI=1S/C27H31NO/c1-26(2,3)20-14-16-21(17-15-20)28(27(4,5)6)18-19-10-9-12-23-22-11-7-8-13-24(22)29-25(19)23/h7-17H,18H2,1-6H3. The Morgan fingerprint density at radius 3 is 2.03 bits per heavy atom. The van der Waals surface area contributed by atoms with Crippen molar-refractivity contribution < 1.29 is 4.42 Å². The molecule has 0 fully saturated rings. The molecule has 4 aromatic rings. The molecule has 4 rings (SSSR count). The summed E-state index contributed by atoms with van der Waals surface area (Å²) in [6, 6.07) is 23.8. The van der Waals surface area contributed by atoms with Crippen LogP contribution in [0.2, 0.25) is 0 Å². The summed E-state index contributed by atoms with van der Waals surface area (Å²) in [7, 11) is 0. The molecule has 0 aliphatic heterocycles. The van der Waals surface area contributed by atoms with Crippen molar-refractivity contribution in [2.75, 3.05) is 4.90 Å². The van der Waals surface area contributed by atoms with Gasteiger partial charge in [-0.2, -0.15) is 0 Å². The SMILES string of the molecule is CC(C)(C)c1ccc(N(Cc2cccc3c2oc2ccccc23)C(C)(C)C)cc1. The largest absolute Gasteiger partial charge is 0.456 e. The third kappa shape index (κ3) is 3.76. The molecule has 0 atom stereocenters. The number of para-hydroxylation sites is 2. The molecule has 150 valence electrons. The molecule has 0 amide bonds. The van der Waals surface area contributed by atoms with Crippen LogP contribution in [-0.2, 0) is 12.0 Å². The van der Waals surface area contributed by atoms with Gasteiger partial charge < -0.3 is 9.32 Å². The second kappa shape index (κ2) is 6.95. The van der Waals surface area contributed by atoms with Crippen molar-refractivity contribution in [2.24, 2.45) is 0 Å². The maximum atomic E-state index is 6.27. The molecular formula is C27H31NO. The first-order valence-electron chi connectivity index (χ1n) is 10.4. The van der Waals surface area contributed by atoms with E-state index in [9.17, 15) is 0 Å². The van der Waals surface area contributed by atoms with Crippen molar-refractivity contribution >= 4 is 27.6 Å². The van der Waals surface area contributed by atoms with Gasteiger partial charge in [-0.1, -0.05) is 69.3 Å². The van der Waals surface area contributed by atoms with Crippen molar-refractivity contribution in [2.45, 2.75) is 59.0 Å². The zero-order chi connectivity index (χ0) is 20.8. The van der Waals surface area contributed by atoms with E-state index in [2.05, 4.69) is 101 Å². The molecule has 2 heteroatoms. The van der Waals surface area contributed by atoms with Gasteiger partial charge >= 0.3 is 0 Å². The Hall–Kier alpha value is -2.74. The second-order valence-electron chi connectivity index (χ2n) is 9.95. The number of fused-ring (bicyclic) bond motifs is 3. The van der Waals surface area contributed by atoms with Crippen LogP contribution in [0.25, 0.3) is 21.9 Å². The van der Waals surface area contributed by atoms with E-state index in [1.54, 1.807) is 0 Å². The van der Waals surface area contributed by atoms with Gasteiger partial charge in [-0.25, -0.2) is 0 Å². The minimum atomic E-state index is -0.0164. The normalized spacial score (nSPS) is 12.6. The number of hydrogen-bond donors (Lipinski definition) is 0. The van der Waals surface area contributed by atoms with Crippen LogP contribution < -0.4 is 4.90 Å². The van der Waals surface area contributed by atoms with Gasteiger partial charge in [-0.15, -0.1) is 0 Å². The lowest BCUT2D eigenvalue weighted by Crippen LogP contribution is -2.41. The van der Waals surface area contributed by atoms with E-state index in [0.717, 1.165) is 17.7 Å². The molecule has 0 N–H and O–H groups in total. The quantitative estimate of drug-likeness (QED) is 0.359. The van der Waals surface area contributed by atoms with Gasteiger partial charge in [0.25, 0.3) is 0 Å². The summed E-state index contributed by atoms with van der Waals surface area (Å²) in [5.74, 6) is 0. The average molecular weight is 386 g/mol. The van der Waals surface area contributed by atoms with Gasteiger partial charge in [0.15, 0.2) is 0 Å². The Balaban J connectivity index is 1.77. The maximum Gasteiger partial charge on any atom is 0.140 e. The zero-order valence-corrected chi connectivity index (χ0v) is 18.4. The minimum absolute atomic E-state index is 0.0164. The average Bonchev–Trinajstić information content (AvgIpc) is 3.04. The summed E-state index contributed by atoms with van der Waals surface area (Å²) in [5, 5.41) is 2.37. The van der Waals surface area contributed by atoms with Crippen LogP contribution in [0.4, 0.5) is 5.69 Å². The maximum absolute atomic E-state index is 6.27. The molecule has 2 nitrogen and oxygen atoms in total. The molecule has 0 spiro atoms. The molecule has 0 bridgehead atoms. The summed E-state index contributed by atoms with van der Waals surface area (Å²) >= 11 is 0. The van der Waals surface area contributed by atoms with Gasteiger partial charge in [0, 0.05) is 34.1 Å². The van der Waals surface area contributed by atoms with Crippen molar-refractivity contribution in [3.63, 3.8) is 0 Å². The molecule has 0 saturated carbocycles. The lowest BCUT2D eigenvalue weighted by molar-refractivity contribution is 0.499. The van der Waals surface area contributed by atoms with E-state index in [-0.39, 0.29) is 11.0 Å². The summed E-state index contributed by atoms with van der Waals surface area (Å²) in [5.41, 5.74) is 5.89. The highest BCUT2D eigenvalue weighted by Crippen LogP contribution is 2.34. The molecular weight excluding hydrogens is 354 g/mol. The fraction of sp³-hybridized carbons (Fsp3) is 0.333. The third-order valence-corrected chi connectivity index (χ3v) is 5.67. The summed E-state index contributed by atoms with van der Waals surface area (Å²) in [4.78, 5) is 2.46. The third-order valence-electron chi connectivity index (χ3n) is 5.67. The molecule has 0 aliphatic rings. The van der Waals surface area contributed by atoms with E-state index >= 15 is 0 Å². The van der Waals surface area contributed by atoms with Gasteiger partial charge in [-0.3, -0.25) is 0 Å². The minimum Gasteiger partial charge on any atom is -0.456 e. The van der Waals surface area contributed by atoms with E-state index in [1.165, 1.54) is 27.6 Å². The Labute approximate surface area is 174 Å². The van der Waals surface area contributed by atoms with Crippen LogP contribution >= 0.6 is 0 Å². The van der Waals surface area contributed by atoms with Gasteiger partial charge in [0.05, 0.1) is 0 Å². The summed E-state index contributed by atoms with van der Waals surface area (Å²) < 4.78 is 6.27. The monoisotopic (exact) mass is 385 g/mol. The number of furan rings is 1. The lowest BCUT2D eigenvalue weighted by atomic mass is 9.87.